The molecule has 0 heterocycles. The van der Waals surface area contributed by atoms with E-state index in [1.807, 2.05) is 0 Å². The molecule has 69 valence electrons. The van der Waals surface area contributed by atoms with Gasteiger partial charge < -0.3 is 5.11 Å². The summed E-state index contributed by atoms with van der Waals surface area (Å²) in [6.45, 7) is 6.33. The van der Waals surface area contributed by atoms with E-state index in [9.17, 15) is 10.2 Å². The molecule has 0 saturated heterocycles. The number of aliphatic hydroxyl groups excluding tert-OH is 1. The minimum atomic E-state index is -0.737. The van der Waals surface area contributed by atoms with Gasteiger partial charge in [-0.15, -0.1) is 0 Å². The van der Waals surface area contributed by atoms with Crippen molar-refractivity contribution in [2.24, 2.45) is 16.7 Å². The van der Waals surface area contributed by atoms with E-state index in [0.717, 1.165) is 12.8 Å². The first-order chi connectivity index (χ1) is 5.41. The van der Waals surface area contributed by atoms with Crippen molar-refractivity contribution in [3.05, 3.63) is 0 Å². The van der Waals surface area contributed by atoms with Crippen LogP contribution in [0.5, 0.6) is 0 Å². The first kappa shape index (κ1) is 8.52. The summed E-state index contributed by atoms with van der Waals surface area (Å²) >= 11 is 0. The van der Waals surface area contributed by atoms with Crippen molar-refractivity contribution in [3.63, 3.8) is 0 Å². The fourth-order valence-corrected chi connectivity index (χ4v) is 3.25. The van der Waals surface area contributed by atoms with Crippen molar-refractivity contribution in [2.75, 3.05) is 0 Å². The topological polar surface area (TPSA) is 40.1 Å². The zero-order chi connectivity index (χ0) is 9.15. The van der Waals surface area contributed by atoms with Gasteiger partial charge in [-0.25, -0.2) is 5.11 Å². The lowest BCUT2D eigenvalue weighted by atomic mass is 9.70. The van der Waals surface area contributed by atoms with Crippen molar-refractivity contribution in [1.82, 2.24) is 0 Å². The van der Waals surface area contributed by atoms with E-state index in [0.29, 0.717) is 0 Å². The molecule has 12 heavy (non-hydrogen) atoms. The highest BCUT2D eigenvalue weighted by Crippen LogP contribution is 2.65. The minimum Gasteiger partial charge on any atom is -0.390 e. The van der Waals surface area contributed by atoms with Crippen LogP contribution in [0.2, 0.25) is 0 Å². The van der Waals surface area contributed by atoms with Gasteiger partial charge in [0.25, 0.3) is 0 Å². The highest BCUT2D eigenvalue weighted by Gasteiger charge is 2.66. The van der Waals surface area contributed by atoms with Gasteiger partial charge in [-0.2, -0.15) is 0 Å². The molecule has 0 aromatic carbocycles. The molecule has 0 aromatic rings. The number of rotatable bonds is 0. The lowest BCUT2D eigenvalue weighted by Gasteiger charge is -2.36. The zero-order valence-corrected chi connectivity index (χ0v) is 8.00. The average Bonchev–Trinajstić information content (AvgIpc) is 2.26. The van der Waals surface area contributed by atoms with Crippen molar-refractivity contribution in [3.8, 4) is 0 Å². The molecule has 2 fully saturated rings. The fourth-order valence-electron chi connectivity index (χ4n) is 3.25. The van der Waals surface area contributed by atoms with E-state index in [4.69, 9.17) is 0 Å². The van der Waals surface area contributed by atoms with Crippen LogP contribution in [0.3, 0.4) is 0 Å². The molecule has 0 aliphatic heterocycles. The third kappa shape index (κ3) is 0.647. The molecular weight excluding hydrogens is 152 g/mol. The van der Waals surface area contributed by atoms with Crippen LogP contribution in [0.25, 0.3) is 0 Å². The quantitative estimate of drug-likeness (QED) is 0.588. The van der Waals surface area contributed by atoms with Crippen LogP contribution in [-0.4, -0.2) is 17.3 Å². The summed E-state index contributed by atoms with van der Waals surface area (Å²) in [5.41, 5.74) is -0.0804. The molecule has 2 unspecified atom stereocenters. The molecule has 2 bridgehead atoms. The summed E-state index contributed by atoms with van der Waals surface area (Å²) < 4.78 is 0. The normalized spacial score (nSPS) is 56.2. The van der Waals surface area contributed by atoms with Crippen LogP contribution >= 0.6 is 0 Å². The Kier molecular flexibility index (Phi) is 1.45. The maximum Gasteiger partial charge on any atom is 0.123 e. The third-order valence-electron chi connectivity index (χ3n) is 4.73. The molecule has 2 nitrogen and oxygen atoms in total. The van der Waals surface area contributed by atoms with Crippen LogP contribution < -0.4 is 0 Å². The zero-order valence-electron chi connectivity index (χ0n) is 8.00. The molecule has 2 rings (SSSR count). The van der Waals surface area contributed by atoms with Gasteiger partial charge in [0.2, 0.25) is 0 Å². The Hall–Kier alpha value is -0.0800. The Morgan fingerprint density at radius 1 is 1.33 bits per heavy atom. The summed E-state index contributed by atoms with van der Waals surface area (Å²) in [6, 6.07) is 0. The van der Waals surface area contributed by atoms with Crippen molar-refractivity contribution in [2.45, 2.75) is 45.8 Å². The first-order valence-electron chi connectivity index (χ1n) is 4.75. The highest BCUT2D eigenvalue weighted by atomic mass is 16.3. The molecule has 2 saturated carbocycles. The van der Waals surface area contributed by atoms with Crippen molar-refractivity contribution in [1.29, 1.82) is 0 Å². The Morgan fingerprint density at radius 2 is 1.92 bits per heavy atom. The highest BCUT2D eigenvalue weighted by molar-refractivity contribution is 5.14. The van der Waals surface area contributed by atoms with Crippen LogP contribution in [0.4, 0.5) is 0 Å². The smallest absolute Gasteiger partial charge is 0.123 e. The monoisotopic (exact) mass is 169 g/mol. The number of hydrogen-bond acceptors (Lipinski definition) is 1. The standard InChI is InChI=1S/C10H17O2/c1-9(2)6-4-5-10(9,3)8(12)7(6)11/h6-8,12H,4-5H2,1-3H3/t6-,7?,8?,10-/m0/s1. The molecule has 0 spiro atoms. The molecule has 2 aliphatic rings. The van der Waals surface area contributed by atoms with E-state index in [1.165, 1.54) is 0 Å². The van der Waals surface area contributed by atoms with Gasteiger partial charge in [0.05, 0.1) is 6.10 Å². The Morgan fingerprint density at radius 3 is 2.17 bits per heavy atom. The van der Waals surface area contributed by atoms with Crippen molar-refractivity contribution < 1.29 is 10.2 Å². The van der Waals surface area contributed by atoms with Crippen molar-refractivity contribution >= 4 is 0 Å². The van der Waals surface area contributed by atoms with Gasteiger partial charge >= 0.3 is 0 Å². The van der Waals surface area contributed by atoms with Crippen LogP contribution in [0.1, 0.15) is 33.6 Å². The molecule has 0 amide bonds. The Bertz CT molecular complexity index is 212. The van der Waals surface area contributed by atoms with Crippen LogP contribution in [-0.2, 0) is 5.11 Å². The van der Waals surface area contributed by atoms with Gasteiger partial charge in [-0.05, 0) is 24.2 Å². The predicted molar refractivity (Wildman–Crippen MR) is 45.1 cm³/mol. The molecule has 1 radical (unpaired) electrons. The summed E-state index contributed by atoms with van der Waals surface area (Å²) in [5, 5.41) is 21.4. The Labute approximate surface area is 73.6 Å². The summed E-state index contributed by atoms with van der Waals surface area (Å²) in [7, 11) is 0. The third-order valence-corrected chi connectivity index (χ3v) is 4.73. The van der Waals surface area contributed by atoms with Gasteiger partial charge in [0.1, 0.15) is 6.10 Å². The maximum atomic E-state index is 11.6. The average molecular weight is 169 g/mol. The SMILES string of the molecule is CC1(C)[C@H]2CC[C@@]1(C)C(O)C2[O]. The van der Waals surface area contributed by atoms with Crippen LogP contribution in [0.15, 0.2) is 0 Å². The molecule has 2 heteroatoms. The second-order valence-electron chi connectivity index (χ2n) is 5.19. The number of fused-ring (bicyclic) bond motifs is 2. The first-order valence-corrected chi connectivity index (χ1v) is 4.75. The number of aliphatic hydroxyl groups is 1. The van der Waals surface area contributed by atoms with Gasteiger partial charge in [0, 0.05) is 5.41 Å². The van der Waals surface area contributed by atoms with Gasteiger partial charge in [-0.1, -0.05) is 20.8 Å². The molecule has 1 N–H and O–H groups in total. The van der Waals surface area contributed by atoms with Gasteiger partial charge in [0.15, 0.2) is 0 Å². The summed E-state index contributed by atoms with van der Waals surface area (Å²) in [4.78, 5) is 0. The summed E-state index contributed by atoms with van der Waals surface area (Å²) in [6.07, 6.45) is 0.671. The molecular formula is C10H17O2. The Balaban J connectivity index is 2.44. The molecule has 0 aromatic heterocycles. The largest absolute Gasteiger partial charge is 0.390 e. The summed E-state index contributed by atoms with van der Waals surface area (Å²) in [5.74, 6) is 0.192. The van der Waals surface area contributed by atoms with E-state index >= 15 is 0 Å². The van der Waals surface area contributed by atoms with E-state index < -0.39 is 12.2 Å². The van der Waals surface area contributed by atoms with Gasteiger partial charge in [-0.3, -0.25) is 0 Å². The molecule has 2 aliphatic carbocycles. The van der Waals surface area contributed by atoms with Crippen LogP contribution in [0, 0.1) is 16.7 Å². The fraction of sp³-hybridized carbons (Fsp3) is 1.00. The second kappa shape index (κ2) is 2.05. The lowest BCUT2D eigenvalue weighted by molar-refractivity contribution is -0.0801. The lowest BCUT2D eigenvalue weighted by Crippen LogP contribution is -2.38. The maximum absolute atomic E-state index is 11.6. The number of hydrogen-bond donors (Lipinski definition) is 1. The second-order valence-corrected chi connectivity index (χ2v) is 5.19. The predicted octanol–water partition coefficient (Wildman–Crippen LogP) is 1.60. The minimum absolute atomic E-state index is 0.0405. The molecule has 4 atom stereocenters. The van der Waals surface area contributed by atoms with E-state index in [-0.39, 0.29) is 16.7 Å². The van der Waals surface area contributed by atoms with E-state index in [2.05, 4.69) is 20.8 Å². The van der Waals surface area contributed by atoms with E-state index in [1.54, 1.807) is 0 Å².